The molecule has 102 valence electrons. The third kappa shape index (κ3) is 2.46. The fourth-order valence-electron chi connectivity index (χ4n) is 3.04. The van der Waals surface area contributed by atoms with Crippen molar-refractivity contribution < 1.29 is 14.3 Å². The minimum absolute atomic E-state index is 0.163. The van der Waals surface area contributed by atoms with E-state index in [9.17, 15) is 4.79 Å². The van der Waals surface area contributed by atoms with Gasteiger partial charge in [-0.25, -0.2) is 0 Å². The summed E-state index contributed by atoms with van der Waals surface area (Å²) in [6.45, 7) is 0. The van der Waals surface area contributed by atoms with Crippen LogP contribution >= 0.6 is 0 Å². The molecule has 2 aliphatic carbocycles. The number of methoxy groups -OCH3 is 1. The number of ether oxygens (including phenoxy) is 2. The zero-order chi connectivity index (χ0) is 13.2. The maximum Gasteiger partial charge on any atom is 0.164 e. The van der Waals surface area contributed by atoms with Gasteiger partial charge in [0.25, 0.3) is 0 Å². The van der Waals surface area contributed by atoms with E-state index in [0.29, 0.717) is 12.0 Å². The molecular weight excluding hydrogens is 240 g/mol. The first-order chi connectivity index (χ1) is 9.33. The van der Waals surface area contributed by atoms with Gasteiger partial charge < -0.3 is 14.3 Å². The molecule has 0 spiro atoms. The van der Waals surface area contributed by atoms with Gasteiger partial charge in [-0.2, -0.15) is 0 Å². The Kier molecular flexibility index (Phi) is 3.45. The van der Waals surface area contributed by atoms with Gasteiger partial charge in [-0.15, -0.1) is 0 Å². The second-order valence-electron chi connectivity index (χ2n) is 5.55. The first-order valence-electron chi connectivity index (χ1n) is 7.12. The lowest BCUT2D eigenvalue weighted by Gasteiger charge is -2.18. The lowest BCUT2D eigenvalue weighted by atomic mass is 10.1. The standard InChI is InChI=1S/C16H20O3/c1-18-16-13(14-9-11(14)10-17)7-4-8-15(16)19-12-5-2-3-6-12/h4,7-8,10-12,14H,2-3,5-6,9H2,1H3/t11-,14+/m0/s1. The molecule has 0 unspecified atom stereocenters. The molecule has 3 nitrogen and oxygen atoms in total. The summed E-state index contributed by atoms with van der Waals surface area (Å²) < 4.78 is 11.6. The van der Waals surface area contributed by atoms with Gasteiger partial charge in [0.1, 0.15) is 6.29 Å². The summed E-state index contributed by atoms with van der Waals surface area (Å²) in [6.07, 6.45) is 7.08. The van der Waals surface area contributed by atoms with E-state index in [1.54, 1.807) is 7.11 Å². The number of rotatable bonds is 5. The van der Waals surface area contributed by atoms with Crippen molar-refractivity contribution in [3.8, 4) is 11.5 Å². The van der Waals surface area contributed by atoms with Crippen LogP contribution < -0.4 is 9.47 Å². The summed E-state index contributed by atoms with van der Waals surface area (Å²) >= 11 is 0. The van der Waals surface area contributed by atoms with Crippen molar-refractivity contribution in [2.24, 2.45) is 5.92 Å². The predicted molar refractivity (Wildman–Crippen MR) is 72.8 cm³/mol. The number of carbonyl (C=O) groups is 1. The third-order valence-electron chi connectivity index (χ3n) is 4.22. The van der Waals surface area contributed by atoms with Crippen LogP contribution in [0.15, 0.2) is 18.2 Å². The lowest BCUT2D eigenvalue weighted by Crippen LogP contribution is -2.12. The second-order valence-corrected chi connectivity index (χ2v) is 5.55. The first-order valence-corrected chi connectivity index (χ1v) is 7.12. The van der Waals surface area contributed by atoms with Crippen LogP contribution in [0, 0.1) is 5.92 Å². The molecule has 1 aromatic rings. The largest absolute Gasteiger partial charge is 0.493 e. The van der Waals surface area contributed by atoms with E-state index in [0.717, 1.165) is 42.6 Å². The summed E-state index contributed by atoms with van der Waals surface area (Å²) in [6, 6.07) is 6.02. The summed E-state index contributed by atoms with van der Waals surface area (Å²) in [4.78, 5) is 10.8. The average molecular weight is 260 g/mol. The highest BCUT2D eigenvalue weighted by Gasteiger charge is 2.40. The number of hydrogen-bond donors (Lipinski definition) is 0. The van der Waals surface area contributed by atoms with Crippen molar-refractivity contribution in [3.05, 3.63) is 23.8 Å². The minimum Gasteiger partial charge on any atom is -0.493 e. The van der Waals surface area contributed by atoms with E-state index in [2.05, 4.69) is 6.07 Å². The molecular formula is C16H20O3. The van der Waals surface area contributed by atoms with Crippen LogP contribution in [0.1, 0.15) is 43.6 Å². The Labute approximate surface area is 113 Å². The third-order valence-corrected chi connectivity index (χ3v) is 4.22. The lowest BCUT2D eigenvalue weighted by molar-refractivity contribution is -0.108. The predicted octanol–water partition coefficient (Wildman–Crippen LogP) is 3.32. The first kappa shape index (κ1) is 12.5. The summed E-state index contributed by atoms with van der Waals surface area (Å²) in [7, 11) is 1.68. The zero-order valence-corrected chi connectivity index (χ0v) is 11.3. The van der Waals surface area contributed by atoms with E-state index in [1.807, 2.05) is 12.1 Å². The van der Waals surface area contributed by atoms with Gasteiger partial charge in [-0.05, 0) is 44.1 Å². The van der Waals surface area contributed by atoms with Crippen molar-refractivity contribution in [2.45, 2.75) is 44.1 Å². The van der Waals surface area contributed by atoms with Crippen LogP contribution in [0.25, 0.3) is 0 Å². The molecule has 1 aromatic carbocycles. The molecule has 0 aromatic heterocycles. The van der Waals surface area contributed by atoms with E-state index >= 15 is 0 Å². The van der Waals surface area contributed by atoms with Crippen LogP contribution in [0.3, 0.4) is 0 Å². The Morgan fingerprint density at radius 1 is 1.26 bits per heavy atom. The molecule has 0 heterocycles. The Balaban J connectivity index is 1.83. The van der Waals surface area contributed by atoms with Gasteiger partial charge in [0, 0.05) is 11.5 Å². The summed E-state index contributed by atoms with van der Waals surface area (Å²) in [5.41, 5.74) is 1.12. The van der Waals surface area contributed by atoms with Crippen molar-refractivity contribution in [1.29, 1.82) is 0 Å². The van der Waals surface area contributed by atoms with Crippen LogP contribution in [0.5, 0.6) is 11.5 Å². The van der Waals surface area contributed by atoms with Gasteiger partial charge in [-0.3, -0.25) is 0 Å². The summed E-state index contributed by atoms with van der Waals surface area (Å²) in [5, 5.41) is 0. The van der Waals surface area contributed by atoms with Gasteiger partial charge in [0.15, 0.2) is 11.5 Å². The molecule has 2 aliphatic rings. The minimum atomic E-state index is 0.163. The molecule has 0 radical (unpaired) electrons. The van der Waals surface area contributed by atoms with Gasteiger partial charge in [0.05, 0.1) is 13.2 Å². The Morgan fingerprint density at radius 3 is 2.68 bits per heavy atom. The Bertz CT molecular complexity index is 463. The normalized spacial score (nSPS) is 26.2. The topological polar surface area (TPSA) is 35.5 Å². The molecule has 2 atom stereocenters. The van der Waals surface area contributed by atoms with Crippen molar-refractivity contribution >= 4 is 6.29 Å². The SMILES string of the molecule is COc1c(OC2CCCC2)cccc1[C@@H]1C[C@H]1C=O. The number of aldehydes is 1. The average Bonchev–Trinajstić information content (AvgIpc) is 3.06. The monoisotopic (exact) mass is 260 g/mol. The maximum absolute atomic E-state index is 10.8. The molecule has 2 fully saturated rings. The number of benzene rings is 1. The van der Waals surface area contributed by atoms with E-state index in [-0.39, 0.29) is 5.92 Å². The molecule has 0 saturated heterocycles. The maximum atomic E-state index is 10.8. The van der Waals surface area contributed by atoms with Crippen molar-refractivity contribution in [2.75, 3.05) is 7.11 Å². The second kappa shape index (κ2) is 5.24. The highest BCUT2D eigenvalue weighted by molar-refractivity contribution is 5.63. The van der Waals surface area contributed by atoms with Crippen LogP contribution in [-0.2, 0) is 4.79 Å². The number of hydrogen-bond acceptors (Lipinski definition) is 3. The Hall–Kier alpha value is -1.51. The molecule has 0 aliphatic heterocycles. The van der Waals surface area contributed by atoms with Crippen LogP contribution in [0.4, 0.5) is 0 Å². The molecule has 0 N–H and O–H groups in total. The number of para-hydroxylation sites is 1. The Morgan fingerprint density at radius 2 is 2.05 bits per heavy atom. The molecule has 0 amide bonds. The van der Waals surface area contributed by atoms with Gasteiger partial charge in [0.2, 0.25) is 0 Å². The number of carbonyl (C=O) groups excluding carboxylic acids is 1. The van der Waals surface area contributed by atoms with Gasteiger partial charge >= 0.3 is 0 Å². The molecule has 3 heteroatoms. The van der Waals surface area contributed by atoms with Crippen LogP contribution in [-0.4, -0.2) is 19.5 Å². The molecule has 0 bridgehead atoms. The van der Waals surface area contributed by atoms with Crippen LogP contribution in [0.2, 0.25) is 0 Å². The fraction of sp³-hybridized carbons (Fsp3) is 0.562. The van der Waals surface area contributed by atoms with E-state index in [4.69, 9.17) is 9.47 Å². The summed E-state index contributed by atoms with van der Waals surface area (Å²) in [5.74, 6) is 2.14. The molecule has 2 saturated carbocycles. The highest BCUT2D eigenvalue weighted by Crippen LogP contribution is 2.51. The van der Waals surface area contributed by atoms with Gasteiger partial charge in [-0.1, -0.05) is 12.1 Å². The molecule has 3 rings (SSSR count). The van der Waals surface area contributed by atoms with E-state index in [1.165, 1.54) is 12.8 Å². The van der Waals surface area contributed by atoms with Crippen molar-refractivity contribution in [3.63, 3.8) is 0 Å². The smallest absolute Gasteiger partial charge is 0.164 e. The fourth-order valence-corrected chi connectivity index (χ4v) is 3.04. The quantitative estimate of drug-likeness (QED) is 0.762. The highest BCUT2D eigenvalue weighted by atomic mass is 16.5. The zero-order valence-electron chi connectivity index (χ0n) is 11.3. The molecule has 19 heavy (non-hydrogen) atoms. The van der Waals surface area contributed by atoms with Crippen molar-refractivity contribution in [1.82, 2.24) is 0 Å². The van der Waals surface area contributed by atoms with E-state index < -0.39 is 0 Å².